The molecule has 3 nitrogen and oxygen atoms in total. The molecule has 1 saturated heterocycles. The van der Waals surface area contributed by atoms with Gasteiger partial charge < -0.3 is 10.6 Å². The molecule has 0 bridgehead atoms. The molecule has 0 spiro atoms. The molecule has 1 rings (SSSR count). The van der Waals surface area contributed by atoms with Crippen LogP contribution >= 0.6 is 12.2 Å². The van der Waals surface area contributed by atoms with E-state index in [0.29, 0.717) is 6.04 Å². The van der Waals surface area contributed by atoms with Gasteiger partial charge >= 0.3 is 0 Å². The Bertz CT molecular complexity index is 208. The summed E-state index contributed by atoms with van der Waals surface area (Å²) in [5.41, 5.74) is 0. The van der Waals surface area contributed by atoms with Gasteiger partial charge in [-0.25, -0.2) is 0 Å². The summed E-state index contributed by atoms with van der Waals surface area (Å²) >= 11 is 5.06. The molecule has 1 fully saturated rings. The summed E-state index contributed by atoms with van der Waals surface area (Å²) in [5.74, 6) is 0. The first-order chi connectivity index (χ1) is 7.15. The van der Waals surface area contributed by atoms with E-state index >= 15 is 0 Å². The van der Waals surface area contributed by atoms with Gasteiger partial charge in [0.05, 0.1) is 0 Å². The summed E-state index contributed by atoms with van der Waals surface area (Å²) in [6, 6.07) is 1.28. The molecule has 4 heteroatoms. The standard InChI is InChI=1S/C11H23N3S/c1-9-6-4-5-7-14(9)10(2)8-13-11(15)12-3/h9-10H,4-8H2,1-3H3,(H2,12,13,15). The van der Waals surface area contributed by atoms with Crippen molar-refractivity contribution in [2.45, 2.75) is 45.2 Å². The largest absolute Gasteiger partial charge is 0.366 e. The quantitative estimate of drug-likeness (QED) is 0.714. The topological polar surface area (TPSA) is 27.3 Å². The van der Waals surface area contributed by atoms with Crippen molar-refractivity contribution in [2.75, 3.05) is 20.1 Å². The SMILES string of the molecule is CNC(=S)NCC(C)N1CCCCC1C. The zero-order chi connectivity index (χ0) is 11.3. The minimum Gasteiger partial charge on any atom is -0.366 e. The van der Waals surface area contributed by atoms with Crippen LogP contribution in [0.3, 0.4) is 0 Å². The molecular formula is C11H23N3S. The third-order valence-electron chi connectivity index (χ3n) is 3.21. The molecule has 1 aliphatic heterocycles. The van der Waals surface area contributed by atoms with Crippen LogP contribution in [-0.2, 0) is 0 Å². The third-order valence-corrected chi connectivity index (χ3v) is 3.55. The molecule has 0 aromatic heterocycles. The van der Waals surface area contributed by atoms with Crippen molar-refractivity contribution in [3.8, 4) is 0 Å². The third kappa shape index (κ3) is 3.95. The fraction of sp³-hybridized carbons (Fsp3) is 0.909. The van der Waals surface area contributed by atoms with Crippen molar-refractivity contribution in [1.29, 1.82) is 0 Å². The van der Waals surface area contributed by atoms with E-state index in [9.17, 15) is 0 Å². The van der Waals surface area contributed by atoms with Crippen molar-refractivity contribution in [3.05, 3.63) is 0 Å². The molecule has 0 aromatic rings. The van der Waals surface area contributed by atoms with E-state index in [0.717, 1.165) is 17.7 Å². The summed E-state index contributed by atoms with van der Waals surface area (Å²) in [7, 11) is 1.85. The number of rotatable bonds is 3. The Kier molecular flexibility index (Phi) is 5.32. The Morgan fingerprint density at radius 2 is 2.27 bits per heavy atom. The number of thiocarbonyl (C=S) groups is 1. The average molecular weight is 229 g/mol. The highest BCUT2D eigenvalue weighted by molar-refractivity contribution is 7.80. The highest BCUT2D eigenvalue weighted by atomic mass is 32.1. The summed E-state index contributed by atoms with van der Waals surface area (Å²) in [6.45, 7) is 6.76. The highest BCUT2D eigenvalue weighted by Gasteiger charge is 2.22. The molecule has 0 saturated carbocycles. The highest BCUT2D eigenvalue weighted by Crippen LogP contribution is 2.18. The van der Waals surface area contributed by atoms with Crippen LogP contribution in [0.1, 0.15) is 33.1 Å². The van der Waals surface area contributed by atoms with E-state index < -0.39 is 0 Å². The van der Waals surface area contributed by atoms with E-state index in [1.165, 1.54) is 25.8 Å². The fourth-order valence-corrected chi connectivity index (χ4v) is 2.30. The van der Waals surface area contributed by atoms with Gasteiger partial charge in [0, 0.05) is 25.7 Å². The first kappa shape index (κ1) is 12.7. The number of hydrogen-bond acceptors (Lipinski definition) is 2. The smallest absolute Gasteiger partial charge is 0.166 e. The van der Waals surface area contributed by atoms with Crippen LogP contribution in [-0.4, -0.2) is 42.2 Å². The molecule has 2 N–H and O–H groups in total. The van der Waals surface area contributed by atoms with Crippen LogP contribution in [0.2, 0.25) is 0 Å². The zero-order valence-corrected chi connectivity index (χ0v) is 10.9. The monoisotopic (exact) mass is 229 g/mol. The van der Waals surface area contributed by atoms with Gasteiger partial charge in [0.1, 0.15) is 0 Å². The van der Waals surface area contributed by atoms with E-state index in [-0.39, 0.29) is 0 Å². The second-order valence-corrected chi connectivity index (χ2v) is 4.80. The number of likely N-dealkylation sites (tertiary alicyclic amines) is 1. The van der Waals surface area contributed by atoms with Gasteiger partial charge in [-0.05, 0) is 45.5 Å². The normalized spacial score (nSPS) is 24.6. The Labute approximate surface area is 98.6 Å². The number of nitrogens with one attached hydrogen (secondary N) is 2. The first-order valence-electron chi connectivity index (χ1n) is 5.86. The van der Waals surface area contributed by atoms with Crippen LogP contribution in [0, 0.1) is 0 Å². The molecule has 2 unspecified atom stereocenters. The second kappa shape index (κ2) is 6.28. The van der Waals surface area contributed by atoms with Gasteiger partial charge in [0.2, 0.25) is 0 Å². The zero-order valence-electron chi connectivity index (χ0n) is 10.0. The predicted molar refractivity (Wildman–Crippen MR) is 69.1 cm³/mol. The molecular weight excluding hydrogens is 206 g/mol. The van der Waals surface area contributed by atoms with Crippen molar-refractivity contribution in [2.24, 2.45) is 0 Å². The first-order valence-corrected chi connectivity index (χ1v) is 6.27. The average Bonchev–Trinajstić information content (AvgIpc) is 2.26. The van der Waals surface area contributed by atoms with Gasteiger partial charge in [-0.3, -0.25) is 4.90 Å². The van der Waals surface area contributed by atoms with Gasteiger partial charge in [-0.2, -0.15) is 0 Å². The van der Waals surface area contributed by atoms with Gasteiger partial charge in [0.15, 0.2) is 5.11 Å². The van der Waals surface area contributed by atoms with E-state index in [2.05, 4.69) is 29.4 Å². The van der Waals surface area contributed by atoms with Gasteiger partial charge in [-0.1, -0.05) is 6.42 Å². The van der Waals surface area contributed by atoms with Crippen molar-refractivity contribution >= 4 is 17.3 Å². The number of piperidine rings is 1. The Hall–Kier alpha value is -0.350. The molecule has 1 heterocycles. The lowest BCUT2D eigenvalue weighted by Gasteiger charge is -2.38. The molecule has 0 aliphatic carbocycles. The van der Waals surface area contributed by atoms with Crippen LogP contribution in [0.5, 0.6) is 0 Å². The Balaban J connectivity index is 2.31. The molecule has 88 valence electrons. The van der Waals surface area contributed by atoms with Gasteiger partial charge in [-0.15, -0.1) is 0 Å². The van der Waals surface area contributed by atoms with Crippen LogP contribution < -0.4 is 10.6 Å². The maximum atomic E-state index is 5.06. The summed E-state index contributed by atoms with van der Waals surface area (Å²) in [6.07, 6.45) is 4.05. The molecule has 1 aliphatic rings. The second-order valence-electron chi connectivity index (χ2n) is 4.39. The maximum Gasteiger partial charge on any atom is 0.166 e. The lowest BCUT2D eigenvalue weighted by molar-refractivity contribution is 0.116. The summed E-state index contributed by atoms with van der Waals surface area (Å²) < 4.78 is 0. The Morgan fingerprint density at radius 1 is 1.53 bits per heavy atom. The van der Waals surface area contributed by atoms with Crippen LogP contribution in [0.4, 0.5) is 0 Å². The predicted octanol–water partition coefficient (Wildman–Crippen LogP) is 1.34. The lowest BCUT2D eigenvalue weighted by Crippen LogP contribution is -2.49. The molecule has 0 aromatic carbocycles. The van der Waals surface area contributed by atoms with E-state index in [4.69, 9.17) is 12.2 Å². The maximum absolute atomic E-state index is 5.06. The van der Waals surface area contributed by atoms with Crippen LogP contribution in [0.25, 0.3) is 0 Å². The van der Waals surface area contributed by atoms with Crippen LogP contribution in [0.15, 0.2) is 0 Å². The molecule has 0 amide bonds. The van der Waals surface area contributed by atoms with Crippen molar-refractivity contribution in [3.63, 3.8) is 0 Å². The summed E-state index contributed by atoms with van der Waals surface area (Å²) in [4.78, 5) is 2.58. The van der Waals surface area contributed by atoms with Crippen molar-refractivity contribution in [1.82, 2.24) is 15.5 Å². The minimum atomic E-state index is 0.562. The summed E-state index contributed by atoms with van der Waals surface area (Å²) in [5, 5.41) is 6.91. The molecule has 0 radical (unpaired) electrons. The molecule has 15 heavy (non-hydrogen) atoms. The lowest BCUT2D eigenvalue weighted by atomic mass is 10.0. The van der Waals surface area contributed by atoms with Crippen molar-refractivity contribution < 1.29 is 0 Å². The number of nitrogens with zero attached hydrogens (tertiary/aromatic N) is 1. The fourth-order valence-electron chi connectivity index (χ4n) is 2.22. The van der Waals surface area contributed by atoms with E-state index in [1.807, 2.05) is 7.05 Å². The van der Waals surface area contributed by atoms with Gasteiger partial charge in [0.25, 0.3) is 0 Å². The number of hydrogen-bond donors (Lipinski definition) is 2. The Morgan fingerprint density at radius 3 is 2.87 bits per heavy atom. The minimum absolute atomic E-state index is 0.562. The van der Waals surface area contributed by atoms with E-state index in [1.54, 1.807) is 0 Å². The molecule has 2 atom stereocenters.